The maximum Gasteiger partial charge on any atom is 0.0124 e. The molecule has 1 fully saturated rings. The molecule has 1 aliphatic carbocycles. The van der Waals surface area contributed by atoms with Crippen molar-refractivity contribution in [1.82, 2.24) is 5.32 Å². The number of nitrogens with one attached hydrogen (secondary N) is 1. The van der Waals surface area contributed by atoms with Gasteiger partial charge in [0.05, 0.1) is 0 Å². The third-order valence-corrected chi connectivity index (χ3v) is 4.94. The van der Waals surface area contributed by atoms with Gasteiger partial charge in [-0.25, -0.2) is 0 Å². The van der Waals surface area contributed by atoms with Crippen LogP contribution in [0.1, 0.15) is 85.5 Å². The second-order valence-electron chi connectivity index (χ2n) is 6.85. The maximum atomic E-state index is 3.93. The summed E-state index contributed by atoms with van der Waals surface area (Å²) < 4.78 is 0. The van der Waals surface area contributed by atoms with Gasteiger partial charge in [-0.05, 0) is 56.4 Å². The van der Waals surface area contributed by atoms with Gasteiger partial charge < -0.3 is 5.32 Å². The SMILES string of the molecule is CCCNC(C(CCC)CCC)C1CCCC(C)C1. The quantitative estimate of drug-likeness (QED) is 0.590. The van der Waals surface area contributed by atoms with Crippen molar-refractivity contribution in [3.8, 4) is 0 Å². The minimum Gasteiger partial charge on any atom is -0.313 e. The topological polar surface area (TPSA) is 12.0 Å². The van der Waals surface area contributed by atoms with E-state index in [1.165, 1.54) is 64.3 Å². The van der Waals surface area contributed by atoms with Crippen LogP contribution in [0.25, 0.3) is 0 Å². The lowest BCUT2D eigenvalue weighted by Crippen LogP contribution is -2.44. The molecule has 1 aliphatic rings. The molecule has 19 heavy (non-hydrogen) atoms. The lowest BCUT2D eigenvalue weighted by atomic mass is 9.73. The average molecular weight is 268 g/mol. The average Bonchev–Trinajstić information content (AvgIpc) is 2.40. The predicted molar refractivity (Wildman–Crippen MR) is 86.5 cm³/mol. The zero-order chi connectivity index (χ0) is 14.1. The Balaban J connectivity index is 2.66. The highest BCUT2D eigenvalue weighted by Crippen LogP contribution is 2.35. The Morgan fingerprint density at radius 2 is 1.68 bits per heavy atom. The van der Waals surface area contributed by atoms with Gasteiger partial charge in [-0.15, -0.1) is 0 Å². The minimum absolute atomic E-state index is 0.794. The van der Waals surface area contributed by atoms with Gasteiger partial charge >= 0.3 is 0 Å². The van der Waals surface area contributed by atoms with Crippen molar-refractivity contribution in [2.45, 2.75) is 91.5 Å². The van der Waals surface area contributed by atoms with Gasteiger partial charge in [0.1, 0.15) is 0 Å². The lowest BCUT2D eigenvalue weighted by molar-refractivity contribution is 0.164. The van der Waals surface area contributed by atoms with Crippen LogP contribution in [0.3, 0.4) is 0 Å². The maximum absolute atomic E-state index is 3.93. The van der Waals surface area contributed by atoms with Crippen molar-refractivity contribution in [3.63, 3.8) is 0 Å². The van der Waals surface area contributed by atoms with Gasteiger partial charge in [0.2, 0.25) is 0 Å². The molecule has 0 saturated heterocycles. The van der Waals surface area contributed by atoms with Crippen LogP contribution in [0.15, 0.2) is 0 Å². The highest BCUT2D eigenvalue weighted by molar-refractivity contribution is 4.86. The molecule has 0 aliphatic heterocycles. The molecule has 1 rings (SSSR count). The molecule has 1 nitrogen and oxygen atoms in total. The van der Waals surface area contributed by atoms with E-state index < -0.39 is 0 Å². The molecule has 0 radical (unpaired) electrons. The van der Waals surface area contributed by atoms with Crippen molar-refractivity contribution >= 4 is 0 Å². The predicted octanol–water partition coefficient (Wildman–Crippen LogP) is 5.40. The molecule has 3 atom stereocenters. The van der Waals surface area contributed by atoms with Crippen LogP contribution in [0.2, 0.25) is 0 Å². The van der Waals surface area contributed by atoms with E-state index in [1.54, 1.807) is 0 Å². The van der Waals surface area contributed by atoms with Crippen molar-refractivity contribution in [1.29, 1.82) is 0 Å². The van der Waals surface area contributed by atoms with E-state index in [2.05, 4.69) is 33.0 Å². The Labute approximate surface area is 121 Å². The summed E-state index contributed by atoms with van der Waals surface area (Å²) in [6.45, 7) is 10.7. The van der Waals surface area contributed by atoms with Crippen molar-refractivity contribution in [3.05, 3.63) is 0 Å². The molecule has 0 aromatic carbocycles. The number of hydrogen-bond donors (Lipinski definition) is 1. The van der Waals surface area contributed by atoms with Crippen LogP contribution >= 0.6 is 0 Å². The van der Waals surface area contributed by atoms with Crippen LogP contribution in [0, 0.1) is 17.8 Å². The summed E-state index contributed by atoms with van der Waals surface area (Å²) in [4.78, 5) is 0. The molecule has 3 unspecified atom stereocenters. The van der Waals surface area contributed by atoms with Crippen molar-refractivity contribution in [2.24, 2.45) is 17.8 Å². The smallest absolute Gasteiger partial charge is 0.0124 e. The summed E-state index contributed by atoms with van der Waals surface area (Å²) in [6, 6.07) is 0.794. The minimum atomic E-state index is 0.794. The first-order valence-electron chi connectivity index (χ1n) is 8.96. The monoisotopic (exact) mass is 267 g/mol. The fourth-order valence-electron chi connectivity index (χ4n) is 4.08. The third kappa shape index (κ3) is 5.85. The highest BCUT2D eigenvalue weighted by atomic mass is 14.9. The summed E-state index contributed by atoms with van der Waals surface area (Å²) >= 11 is 0. The Kier molecular flexibility index (Phi) is 8.77. The molecular weight excluding hydrogens is 230 g/mol. The second kappa shape index (κ2) is 9.80. The standard InChI is InChI=1S/C18H37N/c1-5-9-16(10-6-2)18(19-13-7-3)17-12-8-11-15(4)14-17/h15-19H,5-14H2,1-4H3. The van der Waals surface area contributed by atoms with Gasteiger partial charge in [-0.1, -0.05) is 53.4 Å². The Bertz CT molecular complexity index is 203. The first-order chi connectivity index (χ1) is 9.22. The van der Waals surface area contributed by atoms with E-state index in [9.17, 15) is 0 Å². The highest BCUT2D eigenvalue weighted by Gasteiger charge is 2.30. The van der Waals surface area contributed by atoms with Gasteiger partial charge in [0.15, 0.2) is 0 Å². The fourth-order valence-corrected chi connectivity index (χ4v) is 4.08. The van der Waals surface area contributed by atoms with E-state index in [4.69, 9.17) is 0 Å². The third-order valence-electron chi connectivity index (χ3n) is 4.94. The van der Waals surface area contributed by atoms with Crippen LogP contribution in [-0.2, 0) is 0 Å². The molecule has 1 N–H and O–H groups in total. The summed E-state index contributed by atoms with van der Waals surface area (Å²) in [6.07, 6.45) is 12.6. The van der Waals surface area contributed by atoms with Gasteiger partial charge in [0.25, 0.3) is 0 Å². The number of hydrogen-bond acceptors (Lipinski definition) is 1. The van der Waals surface area contributed by atoms with Crippen LogP contribution in [-0.4, -0.2) is 12.6 Å². The molecule has 0 spiro atoms. The normalized spacial score (nSPS) is 25.7. The molecule has 1 heteroatoms. The summed E-state index contributed by atoms with van der Waals surface area (Å²) in [5, 5.41) is 3.93. The van der Waals surface area contributed by atoms with Crippen LogP contribution in [0.4, 0.5) is 0 Å². The molecule has 0 bridgehead atoms. The van der Waals surface area contributed by atoms with Gasteiger partial charge in [0, 0.05) is 6.04 Å². The largest absolute Gasteiger partial charge is 0.313 e. The molecule has 0 aromatic heterocycles. The van der Waals surface area contributed by atoms with Crippen molar-refractivity contribution in [2.75, 3.05) is 6.54 Å². The first-order valence-corrected chi connectivity index (χ1v) is 8.96. The molecule has 0 amide bonds. The van der Waals surface area contributed by atoms with Gasteiger partial charge in [-0.3, -0.25) is 0 Å². The molecule has 114 valence electrons. The Morgan fingerprint density at radius 1 is 1.00 bits per heavy atom. The fraction of sp³-hybridized carbons (Fsp3) is 1.00. The zero-order valence-electron chi connectivity index (χ0n) is 13.9. The Hall–Kier alpha value is -0.0400. The summed E-state index contributed by atoms with van der Waals surface area (Å²) in [5.41, 5.74) is 0. The van der Waals surface area contributed by atoms with E-state index in [1.807, 2.05) is 0 Å². The zero-order valence-corrected chi connectivity index (χ0v) is 13.9. The summed E-state index contributed by atoms with van der Waals surface area (Å²) in [7, 11) is 0. The van der Waals surface area contributed by atoms with Crippen LogP contribution in [0.5, 0.6) is 0 Å². The van der Waals surface area contributed by atoms with Crippen LogP contribution < -0.4 is 5.32 Å². The molecule has 0 heterocycles. The van der Waals surface area contributed by atoms with E-state index >= 15 is 0 Å². The molecular formula is C18H37N. The van der Waals surface area contributed by atoms with Crippen molar-refractivity contribution < 1.29 is 0 Å². The van der Waals surface area contributed by atoms with E-state index in [-0.39, 0.29) is 0 Å². The summed E-state index contributed by atoms with van der Waals surface area (Å²) in [5.74, 6) is 2.81. The first kappa shape index (κ1) is 17.0. The Morgan fingerprint density at radius 3 is 2.21 bits per heavy atom. The lowest BCUT2D eigenvalue weighted by Gasteiger charge is -2.38. The molecule has 1 saturated carbocycles. The second-order valence-corrected chi connectivity index (χ2v) is 6.85. The van der Waals surface area contributed by atoms with E-state index in [0.29, 0.717) is 0 Å². The van der Waals surface area contributed by atoms with Gasteiger partial charge in [-0.2, -0.15) is 0 Å². The number of rotatable bonds is 9. The van der Waals surface area contributed by atoms with E-state index in [0.717, 1.165) is 23.8 Å². The molecule has 0 aromatic rings.